The van der Waals surface area contributed by atoms with Gasteiger partial charge in [-0.15, -0.1) is 0 Å². The molecule has 1 fully saturated rings. The minimum atomic E-state index is -2.99. The predicted octanol–water partition coefficient (Wildman–Crippen LogP) is 6.36. The van der Waals surface area contributed by atoms with E-state index in [1.54, 1.807) is 12.3 Å². The van der Waals surface area contributed by atoms with Gasteiger partial charge in [0.25, 0.3) is 5.92 Å². The van der Waals surface area contributed by atoms with Crippen molar-refractivity contribution in [1.29, 1.82) is 5.41 Å². The number of halogens is 2. The molecule has 4 aromatic rings. The Morgan fingerprint density at radius 2 is 1.98 bits per heavy atom. The van der Waals surface area contributed by atoms with Crippen LogP contribution in [0.2, 0.25) is 0 Å². The van der Waals surface area contributed by atoms with Crippen LogP contribution in [0.25, 0.3) is 28.0 Å². The van der Waals surface area contributed by atoms with Crippen LogP contribution in [0.1, 0.15) is 75.1 Å². The molecule has 1 saturated heterocycles. The van der Waals surface area contributed by atoms with E-state index in [-0.39, 0.29) is 22.8 Å². The molecular formula is C33H41F2N7OS. The van der Waals surface area contributed by atoms with Gasteiger partial charge in [0.05, 0.1) is 5.69 Å². The van der Waals surface area contributed by atoms with Crippen LogP contribution in [-0.2, 0) is 12.3 Å². The molecular weight excluding hydrogens is 580 g/mol. The van der Waals surface area contributed by atoms with Gasteiger partial charge in [0.1, 0.15) is 5.65 Å². The molecule has 2 aromatic carbocycles. The number of nitrogens with two attached hydrogens (primary N) is 2. The Balaban J connectivity index is 1.37. The molecule has 0 bridgehead atoms. The number of amidine groups is 1. The SMILES string of the molecule is C[C@H](N)CCCc1cc(-c2cc3cn(-c4ccc([C@@H]5CCC[C@@H](CCSC(=N)N)N5)cc4)c(=O)nc3[nH]2)cc(C(C)(F)F)c1. The Labute approximate surface area is 260 Å². The molecule has 0 aliphatic carbocycles. The van der Waals surface area contributed by atoms with Crippen LogP contribution in [0, 0.1) is 5.41 Å². The van der Waals surface area contributed by atoms with Gasteiger partial charge in [-0.3, -0.25) is 9.98 Å². The van der Waals surface area contributed by atoms with Gasteiger partial charge in [-0.05, 0) is 98.5 Å². The quantitative estimate of drug-likeness (QED) is 0.0976. The van der Waals surface area contributed by atoms with Gasteiger partial charge in [0.15, 0.2) is 5.17 Å². The largest absolute Gasteiger partial charge is 0.379 e. The Hall–Kier alpha value is -3.54. The molecule has 11 heteroatoms. The molecule has 0 radical (unpaired) electrons. The average molecular weight is 622 g/mol. The summed E-state index contributed by atoms with van der Waals surface area (Å²) in [6.45, 7) is 2.84. The number of hydrogen-bond acceptors (Lipinski definition) is 6. The van der Waals surface area contributed by atoms with Crippen LogP contribution >= 0.6 is 11.8 Å². The zero-order valence-electron chi connectivity index (χ0n) is 25.2. The Kier molecular flexibility index (Phi) is 9.87. The number of rotatable bonds is 11. The van der Waals surface area contributed by atoms with Gasteiger partial charge in [-0.2, -0.15) is 4.98 Å². The summed E-state index contributed by atoms with van der Waals surface area (Å²) in [5.74, 6) is -2.17. The number of piperidine rings is 1. The van der Waals surface area contributed by atoms with E-state index in [2.05, 4.69) is 15.3 Å². The zero-order chi connectivity index (χ0) is 31.4. The van der Waals surface area contributed by atoms with E-state index in [0.717, 1.165) is 62.3 Å². The minimum absolute atomic E-state index is 0.0502. The van der Waals surface area contributed by atoms with E-state index in [0.29, 0.717) is 40.4 Å². The fourth-order valence-corrected chi connectivity index (χ4v) is 6.52. The van der Waals surface area contributed by atoms with Crippen LogP contribution in [0.15, 0.2) is 59.5 Å². The van der Waals surface area contributed by atoms with E-state index in [4.69, 9.17) is 16.9 Å². The standard InChI is InChI=1S/C33H41F2N7OS/c1-20(36)5-3-6-21-15-23(17-25(16-21)33(2,34)35)29-18-24-19-42(32(43)41-30(24)40-29)27-11-9-22(10-12-27)28-8-4-7-26(39-28)13-14-44-31(37)38/h9-12,15-20,26,28,39H,3-8,13-14,36H2,1-2H3,(H3,37,38)(H,40,41,43)/t20-,26-,28-/m0/s1. The third kappa shape index (κ3) is 7.94. The molecule has 5 rings (SSSR count). The summed E-state index contributed by atoms with van der Waals surface area (Å²) in [4.78, 5) is 20.5. The number of aromatic nitrogens is 3. The lowest BCUT2D eigenvalue weighted by molar-refractivity contribution is 0.0174. The van der Waals surface area contributed by atoms with Crippen molar-refractivity contribution in [3.63, 3.8) is 0 Å². The molecule has 0 unspecified atom stereocenters. The molecule has 0 amide bonds. The fourth-order valence-electron chi connectivity index (χ4n) is 5.90. The van der Waals surface area contributed by atoms with E-state index < -0.39 is 11.6 Å². The van der Waals surface area contributed by atoms with Crippen LogP contribution < -0.4 is 22.5 Å². The fraction of sp³-hybridized carbons (Fsp3) is 0.424. The smallest absolute Gasteiger partial charge is 0.354 e. The summed E-state index contributed by atoms with van der Waals surface area (Å²) in [5, 5.41) is 12.0. The monoisotopic (exact) mass is 621 g/mol. The van der Waals surface area contributed by atoms with E-state index in [9.17, 15) is 13.6 Å². The highest BCUT2D eigenvalue weighted by Gasteiger charge is 2.26. The molecule has 1 aliphatic heterocycles. The highest BCUT2D eigenvalue weighted by molar-refractivity contribution is 8.13. The first kappa shape index (κ1) is 31.9. The summed E-state index contributed by atoms with van der Waals surface area (Å²) in [7, 11) is 0. The van der Waals surface area contributed by atoms with Crippen molar-refractivity contribution < 1.29 is 8.78 Å². The molecule has 44 heavy (non-hydrogen) atoms. The number of nitrogens with zero attached hydrogens (tertiary/aromatic N) is 2. The normalized spacial score (nSPS) is 18.0. The number of nitrogens with one attached hydrogen (secondary N) is 3. The Morgan fingerprint density at radius 3 is 2.68 bits per heavy atom. The maximum atomic E-state index is 14.4. The highest BCUT2D eigenvalue weighted by atomic mass is 32.2. The van der Waals surface area contributed by atoms with Crippen molar-refractivity contribution in [1.82, 2.24) is 19.9 Å². The second-order valence-corrected chi connectivity index (χ2v) is 13.1. The van der Waals surface area contributed by atoms with Crippen molar-refractivity contribution >= 4 is 28.0 Å². The van der Waals surface area contributed by atoms with Crippen molar-refractivity contribution in [2.75, 3.05) is 5.75 Å². The van der Waals surface area contributed by atoms with Crippen molar-refractivity contribution in [3.05, 3.63) is 81.9 Å². The van der Waals surface area contributed by atoms with Crippen LogP contribution in [0.5, 0.6) is 0 Å². The maximum absolute atomic E-state index is 14.4. The summed E-state index contributed by atoms with van der Waals surface area (Å²) < 4.78 is 30.3. The van der Waals surface area contributed by atoms with E-state index in [1.807, 2.05) is 43.3 Å². The number of H-pyrrole nitrogens is 1. The zero-order valence-corrected chi connectivity index (χ0v) is 26.0. The molecule has 8 nitrogen and oxygen atoms in total. The lowest BCUT2D eigenvalue weighted by Gasteiger charge is -2.31. The number of hydrogen-bond donors (Lipinski definition) is 5. The molecule has 234 valence electrons. The number of alkyl halides is 2. The number of aromatic amines is 1. The van der Waals surface area contributed by atoms with Gasteiger partial charge in [0, 0.05) is 53.6 Å². The topological polar surface area (TPSA) is 139 Å². The number of thioether (sulfide) groups is 1. The van der Waals surface area contributed by atoms with Crippen molar-refractivity contribution in [2.45, 2.75) is 82.8 Å². The highest BCUT2D eigenvalue weighted by Crippen LogP contribution is 2.33. The first-order valence-electron chi connectivity index (χ1n) is 15.2. The Morgan fingerprint density at radius 1 is 1.20 bits per heavy atom. The van der Waals surface area contributed by atoms with Gasteiger partial charge >= 0.3 is 5.69 Å². The van der Waals surface area contributed by atoms with E-state index in [1.165, 1.54) is 22.4 Å². The van der Waals surface area contributed by atoms with Crippen molar-refractivity contribution in [3.8, 4) is 16.9 Å². The van der Waals surface area contributed by atoms with Gasteiger partial charge < -0.3 is 21.8 Å². The summed E-state index contributed by atoms with van der Waals surface area (Å²) >= 11 is 1.38. The second kappa shape index (κ2) is 13.6. The third-order valence-corrected chi connectivity index (χ3v) is 8.97. The molecule has 2 aromatic heterocycles. The second-order valence-electron chi connectivity index (χ2n) is 12.0. The summed E-state index contributed by atoms with van der Waals surface area (Å²) in [6, 6.07) is 15.4. The number of aryl methyl sites for hydroxylation is 1. The lowest BCUT2D eigenvalue weighted by atomic mass is 9.92. The minimum Gasteiger partial charge on any atom is -0.379 e. The first-order chi connectivity index (χ1) is 21.0. The van der Waals surface area contributed by atoms with Crippen molar-refractivity contribution in [2.24, 2.45) is 11.5 Å². The molecule has 0 saturated carbocycles. The molecule has 1 aliphatic rings. The summed E-state index contributed by atoms with van der Waals surface area (Å²) in [6.07, 6.45) is 8.22. The first-order valence-corrected chi connectivity index (χ1v) is 16.2. The third-order valence-electron chi connectivity index (χ3n) is 8.22. The lowest BCUT2D eigenvalue weighted by Crippen LogP contribution is -2.37. The molecule has 3 atom stereocenters. The van der Waals surface area contributed by atoms with E-state index >= 15 is 0 Å². The molecule has 7 N–H and O–H groups in total. The maximum Gasteiger partial charge on any atom is 0.354 e. The molecule has 0 spiro atoms. The van der Waals surface area contributed by atoms with Gasteiger partial charge in [0.2, 0.25) is 0 Å². The predicted molar refractivity (Wildman–Crippen MR) is 176 cm³/mol. The number of benzene rings is 2. The van der Waals surface area contributed by atoms with Gasteiger partial charge in [-0.25, -0.2) is 13.6 Å². The van der Waals surface area contributed by atoms with Crippen LogP contribution in [0.4, 0.5) is 8.78 Å². The number of fused-ring (bicyclic) bond motifs is 1. The van der Waals surface area contributed by atoms with Crippen LogP contribution in [-0.4, -0.2) is 37.5 Å². The molecule has 3 heterocycles. The average Bonchev–Trinajstić information content (AvgIpc) is 3.39. The van der Waals surface area contributed by atoms with Crippen LogP contribution in [0.3, 0.4) is 0 Å². The van der Waals surface area contributed by atoms with Gasteiger partial charge in [-0.1, -0.05) is 30.3 Å². The summed E-state index contributed by atoms with van der Waals surface area (Å²) in [5.41, 5.74) is 15.2. The Bertz CT molecular complexity index is 1660.